The third-order valence-corrected chi connectivity index (χ3v) is 5.54. The summed E-state index contributed by atoms with van der Waals surface area (Å²) in [5.74, 6) is 0.805. The van der Waals surface area contributed by atoms with E-state index in [1.807, 2.05) is 17.0 Å². The molecule has 1 N–H and O–H groups in total. The molecule has 0 unspecified atom stereocenters. The summed E-state index contributed by atoms with van der Waals surface area (Å²) in [7, 11) is 1.65. The van der Waals surface area contributed by atoms with E-state index in [1.165, 1.54) is 37.7 Å². The molecule has 1 aliphatic carbocycles. The number of carbonyl (C=O) groups excluding carboxylic acids is 2. The molecule has 0 aromatic heterocycles. The van der Waals surface area contributed by atoms with Gasteiger partial charge in [-0.3, -0.25) is 14.5 Å². The van der Waals surface area contributed by atoms with E-state index in [9.17, 15) is 9.59 Å². The third-order valence-electron chi connectivity index (χ3n) is 5.54. The van der Waals surface area contributed by atoms with Gasteiger partial charge >= 0.3 is 0 Å². The maximum Gasteiger partial charge on any atom is 0.253 e. The molecule has 5 nitrogen and oxygen atoms in total. The molecule has 1 saturated heterocycles. The molecule has 0 atom stereocenters. The molecule has 1 saturated carbocycles. The summed E-state index contributed by atoms with van der Waals surface area (Å²) in [5.41, 5.74) is 2.16. The number of amides is 2. The van der Waals surface area contributed by atoms with Crippen molar-refractivity contribution in [3.8, 4) is 0 Å². The summed E-state index contributed by atoms with van der Waals surface area (Å²) >= 11 is 0. The summed E-state index contributed by atoms with van der Waals surface area (Å²) in [6.45, 7) is 3.27. The van der Waals surface area contributed by atoms with Crippen LogP contribution in [0, 0.1) is 0 Å². The SMILES string of the molecule is CNC(=O)CN1CCN(C(=O)c2ccc(C3CCCCC3)cc2)CC1. The summed E-state index contributed by atoms with van der Waals surface area (Å²) in [4.78, 5) is 28.1. The minimum absolute atomic E-state index is 0.0260. The molecule has 0 bridgehead atoms. The van der Waals surface area contributed by atoms with Crippen molar-refractivity contribution >= 4 is 11.8 Å². The number of nitrogens with one attached hydrogen (secondary N) is 1. The zero-order chi connectivity index (χ0) is 17.6. The number of benzene rings is 1. The molecular formula is C20H29N3O2. The molecule has 1 aromatic rings. The Bertz CT molecular complexity index is 585. The van der Waals surface area contributed by atoms with Crippen LogP contribution in [0.4, 0.5) is 0 Å². The fourth-order valence-electron chi connectivity index (χ4n) is 3.91. The molecule has 25 heavy (non-hydrogen) atoms. The summed E-state index contributed by atoms with van der Waals surface area (Å²) in [6, 6.07) is 8.27. The predicted octanol–water partition coefficient (Wildman–Crippen LogP) is 2.24. The van der Waals surface area contributed by atoms with Crippen molar-refractivity contribution in [3.05, 3.63) is 35.4 Å². The van der Waals surface area contributed by atoms with Crippen molar-refractivity contribution in [2.24, 2.45) is 0 Å². The standard InChI is InChI=1S/C20H29N3O2/c1-21-19(24)15-22-11-13-23(14-12-22)20(25)18-9-7-17(8-10-18)16-5-3-2-4-6-16/h7-10,16H,2-6,11-15H2,1H3,(H,21,24). The Balaban J connectivity index is 1.54. The Morgan fingerprint density at radius 2 is 1.64 bits per heavy atom. The smallest absolute Gasteiger partial charge is 0.253 e. The van der Waals surface area contributed by atoms with Gasteiger partial charge in [-0.1, -0.05) is 31.4 Å². The van der Waals surface area contributed by atoms with Gasteiger partial charge in [-0.05, 0) is 36.5 Å². The Morgan fingerprint density at radius 1 is 1.00 bits per heavy atom. The fraction of sp³-hybridized carbons (Fsp3) is 0.600. The van der Waals surface area contributed by atoms with Crippen LogP contribution < -0.4 is 5.32 Å². The zero-order valence-electron chi connectivity index (χ0n) is 15.2. The second kappa shape index (κ2) is 8.48. The first kappa shape index (κ1) is 17.9. The van der Waals surface area contributed by atoms with E-state index in [4.69, 9.17) is 0 Å². The van der Waals surface area contributed by atoms with Crippen molar-refractivity contribution in [1.82, 2.24) is 15.1 Å². The van der Waals surface area contributed by atoms with E-state index in [0.717, 1.165) is 18.7 Å². The molecule has 3 rings (SSSR count). The van der Waals surface area contributed by atoms with Gasteiger partial charge in [-0.2, -0.15) is 0 Å². The van der Waals surface area contributed by atoms with Crippen LogP contribution in [0.5, 0.6) is 0 Å². The van der Waals surface area contributed by atoms with Crippen molar-refractivity contribution in [3.63, 3.8) is 0 Å². The minimum Gasteiger partial charge on any atom is -0.358 e. The van der Waals surface area contributed by atoms with E-state index < -0.39 is 0 Å². The molecule has 2 fully saturated rings. The average Bonchev–Trinajstić information content (AvgIpc) is 2.69. The average molecular weight is 343 g/mol. The Morgan fingerprint density at radius 3 is 2.24 bits per heavy atom. The second-order valence-corrected chi connectivity index (χ2v) is 7.20. The Hall–Kier alpha value is -1.88. The zero-order valence-corrected chi connectivity index (χ0v) is 15.2. The van der Waals surface area contributed by atoms with Gasteiger partial charge in [0, 0.05) is 38.8 Å². The minimum atomic E-state index is 0.0260. The molecule has 1 aromatic carbocycles. The lowest BCUT2D eigenvalue weighted by atomic mass is 9.84. The van der Waals surface area contributed by atoms with Gasteiger partial charge in [0.05, 0.1) is 6.54 Å². The van der Waals surface area contributed by atoms with Crippen LogP contribution in [0.1, 0.15) is 53.9 Å². The molecule has 136 valence electrons. The fourth-order valence-corrected chi connectivity index (χ4v) is 3.91. The van der Waals surface area contributed by atoms with E-state index in [0.29, 0.717) is 25.6 Å². The molecule has 2 amide bonds. The van der Waals surface area contributed by atoms with Crippen LogP contribution in [-0.4, -0.2) is 61.4 Å². The van der Waals surface area contributed by atoms with Crippen LogP contribution in [-0.2, 0) is 4.79 Å². The number of nitrogens with zero attached hydrogens (tertiary/aromatic N) is 2. The monoisotopic (exact) mass is 343 g/mol. The summed E-state index contributed by atoms with van der Waals surface area (Å²) in [6.07, 6.45) is 6.57. The number of hydrogen-bond acceptors (Lipinski definition) is 3. The second-order valence-electron chi connectivity index (χ2n) is 7.20. The first-order valence-electron chi connectivity index (χ1n) is 9.49. The van der Waals surface area contributed by atoms with Crippen molar-refractivity contribution in [1.29, 1.82) is 0 Å². The number of piperazine rings is 1. The number of likely N-dealkylation sites (N-methyl/N-ethyl adjacent to an activating group) is 1. The predicted molar refractivity (Wildman–Crippen MR) is 98.7 cm³/mol. The first-order chi connectivity index (χ1) is 12.2. The van der Waals surface area contributed by atoms with E-state index in [-0.39, 0.29) is 11.8 Å². The van der Waals surface area contributed by atoms with Crippen LogP contribution in [0.15, 0.2) is 24.3 Å². The van der Waals surface area contributed by atoms with Crippen molar-refractivity contribution in [2.45, 2.75) is 38.0 Å². The lowest BCUT2D eigenvalue weighted by Crippen LogP contribution is -2.50. The highest BCUT2D eigenvalue weighted by Gasteiger charge is 2.23. The molecular weight excluding hydrogens is 314 g/mol. The molecule has 0 spiro atoms. The molecule has 1 heterocycles. The van der Waals surface area contributed by atoms with Gasteiger partial charge in [0.1, 0.15) is 0 Å². The summed E-state index contributed by atoms with van der Waals surface area (Å²) in [5, 5.41) is 2.64. The third kappa shape index (κ3) is 4.60. The van der Waals surface area contributed by atoms with Crippen LogP contribution in [0.3, 0.4) is 0 Å². The topological polar surface area (TPSA) is 52.7 Å². The highest BCUT2D eigenvalue weighted by Crippen LogP contribution is 2.32. The van der Waals surface area contributed by atoms with E-state index in [2.05, 4.69) is 22.3 Å². The highest BCUT2D eigenvalue weighted by atomic mass is 16.2. The Kier molecular flexibility index (Phi) is 6.08. The van der Waals surface area contributed by atoms with Gasteiger partial charge in [-0.25, -0.2) is 0 Å². The van der Waals surface area contributed by atoms with Gasteiger partial charge < -0.3 is 10.2 Å². The number of carbonyl (C=O) groups is 2. The lowest BCUT2D eigenvalue weighted by molar-refractivity contribution is -0.122. The maximum atomic E-state index is 12.7. The van der Waals surface area contributed by atoms with Gasteiger partial charge in [0.25, 0.3) is 5.91 Å². The first-order valence-corrected chi connectivity index (χ1v) is 9.49. The summed E-state index contributed by atoms with van der Waals surface area (Å²) < 4.78 is 0. The Labute approximate surface area is 150 Å². The number of rotatable bonds is 4. The van der Waals surface area contributed by atoms with E-state index >= 15 is 0 Å². The van der Waals surface area contributed by atoms with Crippen LogP contribution in [0.2, 0.25) is 0 Å². The van der Waals surface area contributed by atoms with E-state index in [1.54, 1.807) is 7.05 Å². The lowest BCUT2D eigenvalue weighted by Gasteiger charge is -2.34. The molecule has 2 aliphatic rings. The van der Waals surface area contributed by atoms with Crippen molar-refractivity contribution < 1.29 is 9.59 Å². The normalized spacial score (nSPS) is 19.6. The van der Waals surface area contributed by atoms with Gasteiger partial charge in [0.15, 0.2) is 0 Å². The molecule has 5 heteroatoms. The highest BCUT2D eigenvalue weighted by molar-refractivity contribution is 5.94. The van der Waals surface area contributed by atoms with Crippen LogP contribution in [0.25, 0.3) is 0 Å². The number of hydrogen-bond donors (Lipinski definition) is 1. The van der Waals surface area contributed by atoms with Crippen molar-refractivity contribution in [2.75, 3.05) is 39.8 Å². The largest absolute Gasteiger partial charge is 0.358 e. The maximum absolute atomic E-state index is 12.7. The van der Waals surface area contributed by atoms with Gasteiger partial charge in [0.2, 0.25) is 5.91 Å². The van der Waals surface area contributed by atoms with Crippen LogP contribution >= 0.6 is 0 Å². The molecule has 1 aliphatic heterocycles. The molecule has 0 radical (unpaired) electrons. The quantitative estimate of drug-likeness (QED) is 0.912. The van der Waals surface area contributed by atoms with Gasteiger partial charge in [-0.15, -0.1) is 0 Å².